The summed E-state index contributed by atoms with van der Waals surface area (Å²) < 4.78 is 5.90. The summed E-state index contributed by atoms with van der Waals surface area (Å²) in [5.74, 6) is 7.22. The highest BCUT2D eigenvalue weighted by Gasteiger charge is 2.26. The van der Waals surface area contributed by atoms with Crippen LogP contribution < -0.4 is 11.3 Å². The molecule has 0 saturated carbocycles. The normalized spacial score (nSPS) is 22.9. The molecule has 0 amide bonds. The van der Waals surface area contributed by atoms with E-state index >= 15 is 0 Å². The molecule has 6 nitrogen and oxygen atoms in total. The Morgan fingerprint density at radius 3 is 3.00 bits per heavy atom. The third-order valence-corrected chi connectivity index (χ3v) is 4.32. The number of ether oxygens (including phenoxy) is 1. The number of hydrogen-bond acceptors (Lipinski definition) is 6. The zero-order chi connectivity index (χ0) is 14.7. The van der Waals surface area contributed by atoms with Gasteiger partial charge in [0.25, 0.3) is 0 Å². The first-order chi connectivity index (χ1) is 10.3. The Kier molecular flexibility index (Phi) is 4.67. The van der Waals surface area contributed by atoms with Crippen LogP contribution in [0.15, 0.2) is 0 Å². The van der Waals surface area contributed by atoms with E-state index in [-0.39, 0.29) is 6.10 Å². The molecule has 1 aliphatic heterocycles. The van der Waals surface area contributed by atoms with Crippen molar-refractivity contribution in [1.29, 1.82) is 0 Å². The second kappa shape index (κ2) is 6.68. The predicted octanol–water partition coefficient (Wildman–Crippen LogP) is 1.42. The summed E-state index contributed by atoms with van der Waals surface area (Å²) in [4.78, 5) is 11.8. The SMILES string of the molecule is CCCN1CCOC(c2nc3c(c(NN)n2)CCCC3)C1. The summed E-state index contributed by atoms with van der Waals surface area (Å²) in [6, 6.07) is 0. The van der Waals surface area contributed by atoms with Crippen molar-refractivity contribution in [3.05, 3.63) is 17.1 Å². The summed E-state index contributed by atoms with van der Waals surface area (Å²) in [5, 5.41) is 0. The largest absolute Gasteiger partial charge is 0.368 e. The molecular formula is C15H25N5O. The molecule has 0 radical (unpaired) electrons. The first-order valence-corrected chi connectivity index (χ1v) is 8.02. The van der Waals surface area contributed by atoms with Crippen LogP contribution in [0.25, 0.3) is 0 Å². The minimum atomic E-state index is -0.0374. The maximum atomic E-state index is 5.90. The number of nitrogens with zero attached hydrogens (tertiary/aromatic N) is 3. The second-order valence-electron chi connectivity index (χ2n) is 5.87. The Morgan fingerprint density at radius 1 is 1.33 bits per heavy atom. The van der Waals surface area contributed by atoms with Gasteiger partial charge in [-0.05, 0) is 38.6 Å². The van der Waals surface area contributed by atoms with Gasteiger partial charge < -0.3 is 10.2 Å². The van der Waals surface area contributed by atoms with Gasteiger partial charge in [0.2, 0.25) is 0 Å². The van der Waals surface area contributed by atoms with E-state index in [4.69, 9.17) is 15.6 Å². The molecule has 1 fully saturated rings. The molecule has 21 heavy (non-hydrogen) atoms. The zero-order valence-electron chi connectivity index (χ0n) is 12.8. The monoisotopic (exact) mass is 291 g/mol. The number of anilines is 1. The lowest BCUT2D eigenvalue weighted by molar-refractivity contribution is -0.0342. The molecule has 6 heteroatoms. The molecule has 2 heterocycles. The Hall–Kier alpha value is -1.24. The van der Waals surface area contributed by atoms with E-state index in [1.807, 2.05) is 0 Å². The Labute approximate surface area is 126 Å². The van der Waals surface area contributed by atoms with Gasteiger partial charge in [0.1, 0.15) is 11.9 Å². The number of nitrogens with two attached hydrogens (primary N) is 1. The molecule has 3 N–H and O–H groups in total. The fraction of sp³-hybridized carbons (Fsp3) is 0.733. The fourth-order valence-corrected chi connectivity index (χ4v) is 3.25. The Morgan fingerprint density at radius 2 is 2.19 bits per heavy atom. The lowest BCUT2D eigenvalue weighted by Crippen LogP contribution is -2.39. The molecule has 1 aliphatic carbocycles. The minimum absolute atomic E-state index is 0.0374. The van der Waals surface area contributed by atoms with Gasteiger partial charge in [-0.1, -0.05) is 6.92 Å². The van der Waals surface area contributed by atoms with Gasteiger partial charge in [-0.25, -0.2) is 15.8 Å². The zero-order valence-corrected chi connectivity index (χ0v) is 12.8. The van der Waals surface area contributed by atoms with Crippen molar-refractivity contribution in [3.63, 3.8) is 0 Å². The van der Waals surface area contributed by atoms with Crippen LogP contribution in [0, 0.1) is 0 Å². The van der Waals surface area contributed by atoms with Crippen LogP contribution in [0.4, 0.5) is 5.82 Å². The first-order valence-electron chi connectivity index (χ1n) is 8.02. The Bertz CT molecular complexity index is 474. The number of hydrazine groups is 1. The minimum Gasteiger partial charge on any atom is -0.368 e. The second-order valence-corrected chi connectivity index (χ2v) is 5.87. The molecule has 0 aromatic carbocycles. The number of hydrogen-bond donors (Lipinski definition) is 2. The number of fused-ring (bicyclic) bond motifs is 1. The van der Waals surface area contributed by atoms with Crippen LogP contribution in [0.2, 0.25) is 0 Å². The van der Waals surface area contributed by atoms with E-state index in [0.717, 1.165) is 62.8 Å². The van der Waals surface area contributed by atoms with Crippen LogP contribution in [0.5, 0.6) is 0 Å². The molecular weight excluding hydrogens is 266 g/mol. The lowest BCUT2D eigenvalue weighted by Gasteiger charge is -2.32. The summed E-state index contributed by atoms with van der Waals surface area (Å²) in [6.45, 7) is 5.92. The van der Waals surface area contributed by atoms with Crippen molar-refractivity contribution in [2.75, 3.05) is 31.7 Å². The van der Waals surface area contributed by atoms with E-state index in [0.29, 0.717) is 0 Å². The van der Waals surface area contributed by atoms with Gasteiger partial charge in [-0.3, -0.25) is 4.90 Å². The number of nitrogen functional groups attached to an aromatic ring is 1. The van der Waals surface area contributed by atoms with Gasteiger partial charge in [0.15, 0.2) is 5.82 Å². The van der Waals surface area contributed by atoms with Crippen molar-refractivity contribution >= 4 is 5.82 Å². The summed E-state index contributed by atoms with van der Waals surface area (Å²) in [6.07, 6.45) is 5.54. The fourth-order valence-electron chi connectivity index (χ4n) is 3.25. The van der Waals surface area contributed by atoms with E-state index in [1.165, 1.54) is 18.4 Å². The smallest absolute Gasteiger partial charge is 0.161 e. The number of aryl methyl sites for hydroxylation is 1. The quantitative estimate of drug-likeness (QED) is 0.645. The van der Waals surface area contributed by atoms with Gasteiger partial charge in [0.05, 0.1) is 6.61 Å². The molecule has 1 aromatic rings. The third-order valence-electron chi connectivity index (χ3n) is 4.32. The van der Waals surface area contributed by atoms with E-state index in [2.05, 4.69) is 22.2 Å². The molecule has 0 spiro atoms. The number of nitrogens with one attached hydrogen (secondary N) is 1. The van der Waals surface area contributed by atoms with Crippen molar-refractivity contribution in [2.45, 2.75) is 45.1 Å². The standard InChI is InChI=1S/C15H25N5O/c1-2-7-20-8-9-21-13(10-20)15-17-12-6-4-3-5-11(12)14(18-15)19-16/h13H,2-10,16H2,1H3,(H,17,18,19). The van der Waals surface area contributed by atoms with E-state index in [9.17, 15) is 0 Å². The molecule has 1 saturated heterocycles. The van der Waals surface area contributed by atoms with Crippen molar-refractivity contribution in [2.24, 2.45) is 5.84 Å². The molecule has 3 rings (SSSR count). The van der Waals surface area contributed by atoms with Crippen LogP contribution in [-0.2, 0) is 17.6 Å². The highest BCUT2D eigenvalue weighted by molar-refractivity contribution is 5.47. The maximum Gasteiger partial charge on any atom is 0.161 e. The van der Waals surface area contributed by atoms with Crippen LogP contribution >= 0.6 is 0 Å². The molecule has 2 aliphatic rings. The van der Waals surface area contributed by atoms with Crippen molar-refractivity contribution in [3.8, 4) is 0 Å². The van der Waals surface area contributed by atoms with E-state index in [1.54, 1.807) is 0 Å². The van der Waals surface area contributed by atoms with Crippen LogP contribution in [0.1, 0.15) is 49.4 Å². The maximum absolute atomic E-state index is 5.90. The summed E-state index contributed by atoms with van der Waals surface area (Å²) in [5.41, 5.74) is 5.09. The highest BCUT2D eigenvalue weighted by atomic mass is 16.5. The number of rotatable bonds is 4. The highest BCUT2D eigenvalue weighted by Crippen LogP contribution is 2.28. The topological polar surface area (TPSA) is 76.3 Å². The third kappa shape index (κ3) is 3.17. The first kappa shape index (κ1) is 14.7. The average molecular weight is 291 g/mol. The number of aromatic nitrogens is 2. The summed E-state index contributed by atoms with van der Waals surface area (Å²) >= 11 is 0. The van der Waals surface area contributed by atoms with Crippen LogP contribution in [0.3, 0.4) is 0 Å². The van der Waals surface area contributed by atoms with Gasteiger partial charge in [-0.15, -0.1) is 0 Å². The van der Waals surface area contributed by atoms with E-state index < -0.39 is 0 Å². The predicted molar refractivity (Wildman–Crippen MR) is 81.9 cm³/mol. The number of morpholine rings is 1. The molecule has 0 bridgehead atoms. The molecule has 116 valence electrons. The molecule has 1 unspecified atom stereocenters. The molecule has 1 atom stereocenters. The Balaban J connectivity index is 1.84. The lowest BCUT2D eigenvalue weighted by atomic mass is 9.96. The average Bonchev–Trinajstić information content (AvgIpc) is 2.54. The van der Waals surface area contributed by atoms with Gasteiger partial charge >= 0.3 is 0 Å². The van der Waals surface area contributed by atoms with Crippen LogP contribution in [-0.4, -0.2) is 41.1 Å². The van der Waals surface area contributed by atoms with Crippen molar-refractivity contribution in [1.82, 2.24) is 14.9 Å². The molecule has 1 aromatic heterocycles. The van der Waals surface area contributed by atoms with Gasteiger partial charge in [0, 0.05) is 24.3 Å². The van der Waals surface area contributed by atoms with Gasteiger partial charge in [-0.2, -0.15) is 0 Å². The summed E-state index contributed by atoms with van der Waals surface area (Å²) in [7, 11) is 0. The van der Waals surface area contributed by atoms with Crippen molar-refractivity contribution < 1.29 is 4.74 Å².